The van der Waals surface area contributed by atoms with Gasteiger partial charge in [0.2, 0.25) is 5.91 Å². The summed E-state index contributed by atoms with van der Waals surface area (Å²) in [5.74, 6) is 0.809. The first-order chi connectivity index (χ1) is 16.1. The van der Waals surface area contributed by atoms with Crippen LogP contribution in [0.5, 0.6) is 0 Å². The summed E-state index contributed by atoms with van der Waals surface area (Å²) in [7, 11) is 1.94. The molecule has 0 atom stereocenters. The van der Waals surface area contributed by atoms with Gasteiger partial charge in [0.05, 0.1) is 35.1 Å². The second-order valence-corrected chi connectivity index (χ2v) is 7.82. The largest absolute Gasteiger partial charge is 0.325 e. The minimum absolute atomic E-state index is 0.0996. The molecule has 0 saturated heterocycles. The molecule has 2 aromatic heterocycles. The maximum atomic E-state index is 12.4. The fourth-order valence-electron chi connectivity index (χ4n) is 3.64. The van der Waals surface area contributed by atoms with E-state index in [4.69, 9.17) is 15.5 Å². The van der Waals surface area contributed by atoms with Gasteiger partial charge < -0.3 is 9.88 Å². The first kappa shape index (κ1) is 21.7. The second kappa shape index (κ2) is 9.76. The van der Waals surface area contributed by atoms with Gasteiger partial charge >= 0.3 is 0 Å². The highest BCUT2D eigenvalue weighted by Gasteiger charge is 2.11. The van der Waals surface area contributed by atoms with Crippen molar-refractivity contribution in [1.82, 2.24) is 14.5 Å². The summed E-state index contributed by atoms with van der Waals surface area (Å²) < 4.78 is 1.97. The summed E-state index contributed by atoms with van der Waals surface area (Å²) in [4.78, 5) is 21.6. The highest BCUT2D eigenvalue weighted by atomic mass is 16.1. The lowest BCUT2D eigenvalue weighted by molar-refractivity contribution is -0.116. The Kier molecular flexibility index (Phi) is 6.43. The number of carbonyl (C=O) groups excluding carboxylic acids is 1. The minimum atomic E-state index is -0.0996. The molecule has 1 N–H and O–H groups in total. The molecule has 0 radical (unpaired) electrons. The number of rotatable bonds is 7. The number of hydrogen-bond acceptors (Lipinski definition) is 5. The third-order valence-electron chi connectivity index (χ3n) is 5.53. The molecule has 0 fully saturated rings. The van der Waals surface area contributed by atoms with Crippen molar-refractivity contribution in [3.8, 4) is 12.1 Å². The van der Waals surface area contributed by atoms with Crippen molar-refractivity contribution in [3.05, 3.63) is 88.9 Å². The Bertz CT molecular complexity index is 1370. The Hall–Kier alpha value is -4.49. The van der Waals surface area contributed by atoms with E-state index < -0.39 is 0 Å². The first-order valence-electron chi connectivity index (χ1n) is 10.6. The number of aromatic nitrogens is 3. The maximum Gasteiger partial charge on any atom is 0.224 e. The number of fused-ring (bicyclic) bond motifs is 1. The van der Waals surface area contributed by atoms with Gasteiger partial charge in [-0.15, -0.1) is 0 Å². The van der Waals surface area contributed by atoms with E-state index in [2.05, 4.69) is 22.4 Å². The number of anilines is 1. The molecular weight excluding hydrogens is 412 g/mol. The van der Waals surface area contributed by atoms with Crippen LogP contribution in [-0.2, 0) is 31.1 Å². The van der Waals surface area contributed by atoms with Crippen molar-refractivity contribution in [2.75, 3.05) is 5.32 Å². The fraction of sp³-hybridized carbons (Fsp3) is 0.192. The van der Waals surface area contributed by atoms with Crippen LogP contribution in [0.15, 0.2) is 60.8 Å². The fourth-order valence-corrected chi connectivity index (χ4v) is 3.64. The van der Waals surface area contributed by atoms with E-state index in [1.54, 1.807) is 18.3 Å². The average Bonchev–Trinajstić information content (AvgIpc) is 3.16. The van der Waals surface area contributed by atoms with E-state index in [1.807, 2.05) is 54.1 Å². The zero-order valence-electron chi connectivity index (χ0n) is 18.2. The first-order valence-corrected chi connectivity index (χ1v) is 10.6. The van der Waals surface area contributed by atoms with Crippen LogP contribution < -0.4 is 5.32 Å². The predicted molar refractivity (Wildman–Crippen MR) is 125 cm³/mol. The molecule has 0 aliphatic carbocycles. The van der Waals surface area contributed by atoms with E-state index in [0.717, 1.165) is 41.0 Å². The molecule has 7 nitrogen and oxygen atoms in total. The molecule has 0 aliphatic heterocycles. The number of benzene rings is 2. The molecule has 0 spiro atoms. The van der Waals surface area contributed by atoms with Crippen molar-refractivity contribution in [3.63, 3.8) is 0 Å². The van der Waals surface area contributed by atoms with E-state index >= 15 is 0 Å². The summed E-state index contributed by atoms with van der Waals surface area (Å²) in [6.45, 7) is 0. The smallest absolute Gasteiger partial charge is 0.224 e. The molecule has 7 heteroatoms. The number of nitrogens with one attached hydrogen (secondary N) is 1. The molecule has 4 aromatic rings. The Morgan fingerprint density at radius 3 is 2.15 bits per heavy atom. The van der Waals surface area contributed by atoms with Gasteiger partial charge in [-0.05, 0) is 54.3 Å². The van der Waals surface area contributed by atoms with Crippen molar-refractivity contribution in [1.29, 1.82) is 10.5 Å². The van der Waals surface area contributed by atoms with Gasteiger partial charge in [-0.3, -0.25) is 4.79 Å². The molecule has 0 saturated carbocycles. The average molecular weight is 435 g/mol. The zero-order chi connectivity index (χ0) is 23.2. The van der Waals surface area contributed by atoms with E-state index in [-0.39, 0.29) is 5.91 Å². The second-order valence-electron chi connectivity index (χ2n) is 7.82. The maximum absolute atomic E-state index is 12.4. The van der Waals surface area contributed by atoms with Gasteiger partial charge in [0.25, 0.3) is 0 Å². The third-order valence-corrected chi connectivity index (χ3v) is 5.53. The Labute approximate surface area is 192 Å². The molecule has 33 heavy (non-hydrogen) atoms. The predicted octanol–water partition coefficient (Wildman–Crippen LogP) is 4.07. The Morgan fingerprint density at radius 2 is 1.55 bits per heavy atom. The lowest BCUT2D eigenvalue weighted by atomic mass is 10.1. The number of aryl methyl sites for hydroxylation is 4. The van der Waals surface area contributed by atoms with Crippen LogP contribution in [0.4, 0.5) is 5.69 Å². The Morgan fingerprint density at radius 1 is 0.939 bits per heavy atom. The number of carbonyl (C=O) groups is 1. The van der Waals surface area contributed by atoms with Crippen LogP contribution in [0.25, 0.3) is 11.2 Å². The molecular formula is C26H22N6O. The molecule has 0 aliphatic rings. The van der Waals surface area contributed by atoms with E-state index in [1.165, 1.54) is 0 Å². The normalized spacial score (nSPS) is 10.5. The monoisotopic (exact) mass is 434 g/mol. The lowest BCUT2D eigenvalue weighted by Gasteiger charge is -2.05. The van der Waals surface area contributed by atoms with Crippen LogP contribution in [0, 0.1) is 22.7 Å². The van der Waals surface area contributed by atoms with Gasteiger partial charge in [-0.1, -0.05) is 24.3 Å². The van der Waals surface area contributed by atoms with Gasteiger partial charge in [0.15, 0.2) is 5.65 Å². The van der Waals surface area contributed by atoms with Gasteiger partial charge in [-0.25, -0.2) is 9.97 Å². The third kappa shape index (κ3) is 5.23. The Balaban J connectivity index is 1.38. The summed E-state index contributed by atoms with van der Waals surface area (Å²) in [6, 6.07) is 20.9. The van der Waals surface area contributed by atoms with Crippen LogP contribution in [0.3, 0.4) is 0 Å². The molecule has 0 unspecified atom stereocenters. The number of imidazole rings is 1. The standard InChI is InChI=1S/C26H22N6O/c1-32-24(12-10-18-2-6-20(15-27)7-3-18)31-23-14-22(17-29-26(23)32)30-25(33)13-11-19-4-8-21(16-28)9-5-19/h2-9,14,17H,10-13H2,1H3,(H,30,33). The highest BCUT2D eigenvalue weighted by Crippen LogP contribution is 2.19. The molecule has 4 rings (SSSR count). The van der Waals surface area contributed by atoms with E-state index in [9.17, 15) is 4.79 Å². The summed E-state index contributed by atoms with van der Waals surface area (Å²) in [5, 5.41) is 20.7. The van der Waals surface area contributed by atoms with Gasteiger partial charge in [0, 0.05) is 19.9 Å². The van der Waals surface area contributed by atoms with Crippen molar-refractivity contribution in [2.24, 2.45) is 7.05 Å². The minimum Gasteiger partial charge on any atom is -0.325 e. The number of amides is 1. The summed E-state index contributed by atoms with van der Waals surface area (Å²) >= 11 is 0. The molecule has 2 heterocycles. The van der Waals surface area contributed by atoms with E-state index in [0.29, 0.717) is 29.7 Å². The topological polar surface area (TPSA) is 107 Å². The van der Waals surface area contributed by atoms with Crippen LogP contribution in [0.1, 0.15) is 34.5 Å². The lowest BCUT2D eigenvalue weighted by Crippen LogP contribution is -2.12. The molecule has 2 aromatic carbocycles. The van der Waals surface area contributed by atoms with Crippen molar-refractivity contribution < 1.29 is 4.79 Å². The summed E-state index contributed by atoms with van der Waals surface area (Å²) in [6.07, 6.45) is 4.12. The number of hydrogen-bond donors (Lipinski definition) is 1. The molecule has 1 amide bonds. The van der Waals surface area contributed by atoms with Crippen LogP contribution in [-0.4, -0.2) is 20.4 Å². The quantitative estimate of drug-likeness (QED) is 0.472. The van der Waals surface area contributed by atoms with Crippen LogP contribution in [0.2, 0.25) is 0 Å². The van der Waals surface area contributed by atoms with Gasteiger partial charge in [-0.2, -0.15) is 10.5 Å². The number of nitriles is 2. The van der Waals surface area contributed by atoms with Crippen LogP contribution >= 0.6 is 0 Å². The SMILES string of the molecule is Cn1c(CCc2ccc(C#N)cc2)nc2cc(NC(=O)CCc3ccc(C#N)cc3)cnc21. The van der Waals surface area contributed by atoms with Crippen molar-refractivity contribution in [2.45, 2.75) is 25.7 Å². The molecule has 162 valence electrons. The van der Waals surface area contributed by atoms with Gasteiger partial charge in [0.1, 0.15) is 11.3 Å². The zero-order valence-corrected chi connectivity index (χ0v) is 18.2. The summed E-state index contributed by atoms with van der Waals surface area (Å²) in [5.41, 5.74) is 5.52. The van der Waals surface area contributed by atoms with Crippen molar-refractivity contribution >= 4 is 22.8 Å². The molecule has 0 bridgehead atoms. The number of nitrogens with zero attached hydrogens (tertiary/aromatic N) is 5. The number of pyridine rings is 1. The highest BCUT2D eigenvalue weighted by molar-refractivity contribution is 5.92.